The van der Waals surface area contributed by atoms with Crippen molar-refractivity contribution < 1.29 is 0 Å². The van der Waals surface area contributed by atoms with E-state index in [0.29, 0.717) is 6.54 Å². The summed E-state index contributed by atoms with van der Waals surface area (Å²) in [6.07, 6.45) is 8.22. The van der Waals surface area contributed by atoms with Crippen molar-refractivity contribution in [2.24, 2.45) is 0 Å². The lowest BCUT2D eigenvalue weighted by Gasteiger charge is -2.27. The summed E-state index contributed by atoms with van der Waals surface area (Å²) in [5, 5.41) is 4.20. The normalized spacial score (nSPS) is 15.4. The van der Waals surface area contributed by atoms with Crippen molar-refractivity contribution in [3.63, 3.8) is 0 Å². The van der Waals surface area contributed by atoms with E-state index in [1.807, 2.05) is 16.9 Å². The van der Waals surface area contributed by atoms with E-state index in [1.54, 1.807) is 0 Å². The van der Waals surface area contributed by atoms with Crippen LogP contribution in [0.1, 0.15) is 6.42 Å². The Bertz CT molecular complexity index is 308. The van der Waals surface area contributed by atoms with Crippen molar-refractivity contribution >= 4 is 5.82 Å². The molecule has 0 fully saturated rings. The molecule has 2 rings (SSSR count). The zero-order chi connectivity index (χ0) is 8.39. The van der Waals surface area contributed by atoms with Gasteiger partial charge in [0.25, 0.3) is 0 Å². The minimum Gasteiger partial charge on any atom is -0.346 e. The highest BCUT2D eigenvalue weighted by Crippen LogP contribution is 2.18. The molecule has 0 spiro atoms. The first-order valence-corrected chi connectivity index (χ1v) is 4.12. The molecule has 0 radical (unpaired) electrons. The topological polar surface area (TPSA) is 21.1 Å². The van der Waals surface area contributed by atoms with E-state index in [-0.39, 0.29) is 0 Å². The van der Waals surface area contributed by atoms with E-state index in [1.165, 1.54) is 0 Å². The van der Waals surface area contributed by atoms with Gasteiger partial charge in [0.05, 0.1) is 12.7 Å². The second-order valence-corrected chi connectivity index (χ2v) is 2.89. The molecule has 0 aliphatic carbocycles. The smallest absolute Gasteiger partial charge is 0.127 e. The second-order valence-electron chi connectivity index (χ2n) is 2.89. The van der Waals surface area contributed by atoms with Gasteiger partial charge in [0.1, 0.15) is 5.82 Å². The summed E-state index contributed by atoms with van der Waals surface area (Å²) >= 11 is 0. The zero-order valence-electron chi connectivity index (χ0n) is 6.90. The first kappa shape index (κ1) is 7.23. The first-order chi connectivity index (χ1) is 5.92. The van der Waals surface area contributed by atoms with E-state index >= 15 is 0 Å². The Morgan fingerprint density at radius 1 is 1.58 bits per heavy atom. The maximum atomic E-state index is 5.26. The van der Waals surface area contributed by atoms with E-state index < -0.39 is 0 Å². The number of hydrogen-bond donors (Lipinski definition) is 0. The van der Waals surface area contributed by atoms with Crippen LogP contribution in [0.4, 0.5) is 5.82 Å². The fraction of sp³-hybridized carbons (Fsp3) is 0.444. The molecule has 0 amide bonds. The number of terminal acetylenes is 1. The molecule has 0 saturated carbocycles. The fourth-order valence-electron chi connectivity index (χ4n) is 1.56. The largest absolute Gasteiger partial charge is 0.346 e. The summed E-state index contributed by atoms with van der Waals surface area (Å²) in [6.45, 7) is 2.75. The van der Waals surface area contributed by atoms with E-state index in [2.05, 4.69) is 15.9 Å². The van der Waals surface area contributed by atoms with E-state index in [9.17, 15) is 0 Å². The molecule has 0 N–H and O–H groups in total. The number of anilines is 1. The third-order valence-electron chi connectivity index (χ3n) is 2.10. The van der Waals surface area contributed by atoms with Crippen LogP contribution >= 0.6 is 0 Å². The Labute approximate surface area is 72.0 Å². The molecule has 62 valence electrons. The highest BCUT2D eigenvalue weighted by molar-refractivity contribution is 5.41. The average Bonchev–Trinajstić information content (AvgIpc) is 2.53. The Balaban J connectivity index is 2.26. The van der Waals surface area contributed by atoms with Crippen LogP contribution in [-0.2, 0) is 6.54 Å². The van der Waals surface area contributed by atoms with Gasteiger partial charge in [0, 0.05) is 19.2 Å². The molecule has 0 saturated heterocycles. The highest BCUT2D eigenvalue weighted by atomic mass is 15.4. The third-order valence-corrected chi connectivity index (χ3v) is 2.10. The molecular formula is C9H11N3. The Morgan fingerprint density at radius 2 is 2.50 bits per heavy atom. The maximum absolute atomic E-state index is 5.26. The summed E-state index contributed by atoms with van der Waals surface area (Å²) in [7, 11) is 0. The molecule has 0 unspecified atom stereocenters. The Hall–Kier alpha value is -1.43. The third kappa shape index (κ3) is 1.06. The predicted molar refractivity (Wildman–Crippen MR) is 47.9 cm³/mol. The highest BCUT2D eigenvalue weighted by Gasteiger charge is 2.14. The first-order valence-electron chi connectivity index (χ1n) is 4.12. The van der Waals surface area contributed by atoms with Crippen molar-refractivity contribution in [1.82, 2.24) is 9.78 Å². The lowest BCUT2D eigenvalue weighted by atomic mass is 10.3. The molecule has 1 aliphatic heterocycles. The summed E-state index contributed by atoms with van der Waals surface area (Å²) in [5.74, 6) is 3.80. The molecular weight excluding hydrogens is 150 g/mol. The summed E-state index contributed by atoms with van der Waals surface area (Å²) in [5.41, 5.74) is 0. The van der Waals surface area contributed by atoms with Crippen molar-refractivity contribution in [2.45, 2.75) is 13.0 Å². The Kier molecular flexibility index (Phi) is 1.75. The van der Waals surface area contributed by atoms with Crippen molar-refractivity contribution in [3.8, 4) is 12.3 Å². The number of hydrogen-bond acceptors (Lipinski definition) is 2. The van der Waals surface area contributed by atoms with Gasteiger partial charge in [0.15, 0.2) is 0 Å². The van der Waals surface area contributed by atoms with Gasteiger partial charge in [-0.3, -0.25) is 0 Å². The number of nitrogens with zero attached hydrogens (tertiary/aromatic N) is 3. The zero-order valence-corrected chi connectivity index (χ0v) is 6.90. The van der Waals surface area contributed by atoms with Crippen LogP contribution in [-0.4, -0.2) is 22.9 Å². The van der Waals surface area contributed by atoms with E-state index in [0.717, 1.165) is 25.3 Å². The molecule has 12 heavy (non-hydrogen) atoms. The number of rotatable bonds is 1. The average molecular weight is 161 g/mol. The van der Waals surface area contributed by atoms with Gasteiger partial charge >= 0.3 is 0 Å². The summed E-state index contributed by atoms with van der Waals surface area (Å²) in [6, 6.07) is 2.01. The van der Waals surface area contributed by atoms with Crippen LogP contribution < -0.4 is 4.90 Å². The number of aryl methyl sites for hydroxylation is 1. The second kappa shape index (κ2) is 2.90. The molecule has 1 aromatic heterocycles. The minimum atomic E-state index is 0.686. The molecule has 1 aromatic rings. The van der Waals surface area contributed by atoms with Crippen LogP contribution in [0.25, 0.3) is 0 Å². The quantitative estimate of drug-likeness (QED) is 0.566. The van der Waals surface area contributed by atoms with Crippen LogP contribution in [0.5, 0.6) is 0 Å². The van der Waals surface area contributed by atoms with Crippen LogP contribution in [0.3, 0.4) is 0 Å². The molecule has 0 bridgehead atoms. The van der Waals surface area contributed by atoms with Gasteiger partial charge in [-0.1, -0.05) is 5.92 Å². The molecule has 1 aliphatic rings. The molecule has 3 heteroatoms. The molecule has 3 nitrogen and oxygen atoms in total. The predicted octanol–water partition coefficient (Wildman–Crippen LogP) is 0.726. The van der Waals surface area contributed by atoms with Gasteiger partial charge in [-0.25, -0.2) is 4.68 Å². The lowest BCUT2D eigenvalue weighted by molar-refractivity contribution is 0.527. The van der Waals surface area contributed by atoms with Gasteiger partial charge in [-0.05, 0) is 6.42 Å². The maximum Gasteiger partial charge on any atom is 0.127 e. The van der Waals surface area contributed by atoms with E-state index in [4.69, 9.17) is 6.42 Å². The van der Waals surface area contributed by atoms with Gasteiger partial charge in [0.2, 0.25) is 0 Å². The van der Waals surface area contributed by atoms with Crippen molar-refractivity contribution in [3.05, 3.63) is 12.3 Å². The molecule has 0 aromatic carbocycles. The van der Waals surface area contributed by atoms with Crippen LogP contribution in [0, 0.1) is 12.3 Å². The van der Waals surface area contributed by atoms with Crippen molar-refractivity contribution in [1.29, 1.82) is 0 Å². The molecule has 0 atom stereocenters. The number of fused-ring (bicyclic) bond motifs is 1. The van der Waals surface area contributed by atoms with Crippen molar-refractivity contribution in [2.75, 3.05) is 18.0 Å². The molecule has 2 heterocycles. The fourth-order valence-corrected chi connectivity index (χ4v) is 1.56. The van der Waals surface area contributed by atoms with Crippen LogP contribution in [0.2, 0.25) is 0 Å². The number of aromatic nitrogens is 2. The minimum absolute atomic E-state index is 0.686. The SMILES string of the molecule is C#CCN1CCCn2nccc21. The van der Waals surface area contributed by atoms with Gasteiger partial charge in [-0.15, -0.1) is 6.42 Å². The van der Waals surface area contributed by atoms with Gasteiger partial charge < -0.3 is 4.90 Å². The lowest BCUT2D eigenvalue weighted by Crippen LogP contribution is -2.32. The standard InChI is InChI=1S/C9H11N3/c1-2-6-11-7-3-8-12-9(11)4-5-10-12/h1,4-5H,3,6-8H2. The Morgan fingerprint density at radius 3 is 3.33 bits per heavy atom. The van der Waals surface area contributed by atoms with Gasteiger partial charge in [-0.2, -0.15) is 5.10 Å². The summed E-state index contributed by atoms with van der Waals surface area (Å²) in [4.78, 5) is 2.18. The monoisotopic (exact) mass is 161 g/mol. The summed E-state index contributed by atoms with van der Waals surface area (Å²) < 4.78 is 2.00. The van der Waals surface area contributed by atoms with Crippen LogP contribution in [0.15, 0.2) is 12.3 Å².